The minimum Gasteiger partial charge on any atom is -0.326 e. The summed E-state index contributed by atoms with van der Waals surface area (Å²) in [4.78, 5) is 4.77. The topological polar surface area (TPSA) is 50.3 Å². The van der Waals surface area contributed by atoms with Gasteiger partial charge in [0.1, 0.15) is 0 Å². The maximum atomic E-state index is 6.37. The number of nitrogens with zero attached hydrogens (tertiary/aromatic N) is 4. The van der Waals surface area contributed by atoms with Crippen LogP contribution in [0.2, 0.25) is 0 Å². The van der Waals surface area contributed by atoms with Gasteiger partial charge in [0.15, 0.2) is 0 Å². The lowest BCUT2D eigenvalue weighted by molar-refractivity contribution is 0.0953. The first-order valence-electron chi connectivity index (χ1n) is 6.69. The summed E-state index contributed by atoms with van der Waals surface area (Å²) < 4.78 is 1.93. The lowest BCUT2D eigenvalue weighted by Crippen LogP contribution is -2.57. The Morgan fingerprint density at radius 1 is 1.39 bits per heavy atom. The lowest BCUT2D eigenvalue weighted by atomic mass is 9.99. The van der Waals surface area contributed by atoms with Crippen LogP contribution in [-0.2, 0) is 13.5 Å². The number of nitrogens with two attached hydrogens (primary N) is 1. The van der Waals surface area contributed by atoms with Gasteiger partial charge in [-0.05, 0) is 33.0 Å². The van der Waals surface area contributed by atoms with Crippen LogP contribution < -0.4 is 5.73 Å². The van der Waals surface area contributed by atoms with Gasteiger partial charge >= 0.3 is 0 Å². The maximum absolute atomic E-state index is 6.37. The van der Waals surface area contributed by atoms with Crippen molar-refractivity contribution in [3.63, 3.8) is 0 Å². The summed E-state index contributed by atoms with van der Waals surface area (Å²) in [7, 11) is 6.34. The van der Waals surface area contributed by atoms with Gasteiger partial charge in [-0.1, -0.05) is 0 Å². The number of piperazine rings is 1. The molecule has 1 saturated heterocycles. The molecule has 1 aromatic heterocycles. The zero-order valence-electron chi connectivity index (χ0n) is 11.7. The predicted molar refractivity (Wildman–Crippen MR) is 73.4 cm³/mol. The Balaban J connectivity index is 1.87. The van der Waals surface area contributed by atoms with Gasteiger partial charge in [0.25, 0.3) is 0 Å². The molecule has 0 bridgehead atoms. The third-order valence-electron chi connectivity index (χ3n) is 4.05. The van der Waals surface area contributed by atoms with E-state index < -0.39 is 0 Å². The van der Waals surface area contributed by atoms with Crippen molar-refractivity contribution in [3.8, 4) is 0 Å². The molecular weight excluding hydrogens is 226 g/mol. The van der Waals surface area contributed by atoms with E-state index in [4.69, 9.17) is 5.73 Å². The van der Waals surface area contributed by atoms with Crippen molar-refractivity contribution >= 4 is 0 Å². The first kappa shape index (κ1) is 13.5. The van der Waals surface area contributed by atoms with Crippen molar-refractivity contribution in [2.24, 2.45) is 12.8 Å². The van der Waals surface area contributed by atoms with Gasteiger partial charge in [0.2, 0.25) is 0 Å². The van der Waals surface area contributed by atoms with E-state index in [0.29, 0.717) is 6.04 Å². The van der Waals surface area contributed by atoms with E-state index >= 15 is 0 Å². The molecule has 2 rings (SSSR count). The second-order valence-electron chi connectivity index (χ2n) is 5.46. The quantitative estimate of drug-likeness (QED) is 0.813. The van der Waals surface area contributed by atoms with Crippen molar-refractivity contribution in [3.05, 3.63) is 18.0 Å². The smallest absolute Gasteiger partial charge is 0.0492 e. The van der Waals surface area contributed by atoms with Crippen molar-refractivity contribution in [2.45, 2.75) is 24.9 Å². The molecule has 18 heavy (non-hydrogen) atoms. The molecule has 102 valence electrons. The Morgan fingerprint density at radius 3 is 2.83 bits per heavy atom. The Bertz CT molecular complexity index is 375. The zero-order chi connectivity index (χ0) is 13.1. The Morgan fingerprint density at radius 2 is 2.17 bits per heavy atom. The molecule has 5 nitrogen and oxygen atoms in total. The number of aryl methyl sites for hydroxylation is 2. The second-order valence-corrected chi connectivity index (χ2v) is 5.46. The SMILES string of the molecule is CN1CCN(C)C(C(N)CCc2ccnn2C)C1. The van der Waals surface area contributed by atoms with Gasteiger partial charge in [-0.25, -0.2) is 0 Å². The molecule has 2 unspecified atom stereocenters. The minimum absolute atomic E-state index is 0.229. The standard InChI is InChI=1S/C13H25N5/c1-16-8-9-17(2)13(10-16)12(14)5-4-11-6-7-15-18(11)3/h6-7,12-13H,4-5,8-10,14H2,1-3H3. The summed E-state index contributed by atoms with van der Waals surface area (Å²) in [6.45, 7) is 3.32. The van der Waals surface area contributed by atoms with Crippen LogP contribution in [0.3, 0.4) is 0 Å². The molecule has 0 aliphatic carbocycles. The van der Waals surface area contributed by atoms with Crippen LogP contribution in [0, 0.1) is 0 Å². The van der Waals surface area contributed by atoms with Crippen LogP contribution in [-0.4, -0.2) is 65.4 Å². The van der Waals surface area contributed by atoms with Crippen LogP contribution in [0.5, 0.6) is 0 Å². The van der Waals surface area contributed by atoms with E-state index in [1.54, 1.807) is 0 Å². The third-order valence-corrected chi connectivity index (χ3v) is 4.05. The Kier molecular flexibility index (Phi) is 4.37. The normalized spacial score (nSPS) is 24.3. The van der Waals surface area contributed by atoms with Gasteiger partial charge in [0.05, 0.1) is 0 Å². The molecule has 2 atom stereocenters. The van der Waals surface area contributed by atoms with Gasteiger partial charge in [0, 0.05) is 50.7 Å². The molecule has 1 fully saturated rings. The van der Waals surface area contributed by atoms with Gasteiger partial charge in [-0.15, -0.1) is 0 Å². The van der Waals surface area contributed by atoms with Gasteiger partial charge in [-0.3, -0.25) is 9.58 Å². The highest BCUT2D eigenvalue weighted by Gasteiger charge is 2.27. The van der Waals surface area contributed by atoms with E-state index in [0.717, 1.165) is 32.5 Å². The van der Waals surface area contributed by atoms with Crippen molar-refractivity contribution in [1.82, 2.24) is 19.6 Å². The average molecular weight is 251 g/mol. The number of rotatable bonds is 4. The lowest BCUT2D eigenvalue weighted by Gasteiger charge is -2.40. The third kappa shape index (κ3) is 3.10. The molecule has 1 aliphatic heterocycles. The summed E-state index contributed by atoms with van der Waals surface area (Å²) in [5.41, 5.74) is 7.63. The minimum atomic E-state index is 0.229. The summed E-state index contributed by atoms with van der Waals surface area (Å²) in [5, 5.41) is 4.19. The predicted octanol–water partition coefficient (Wildman–Crippen LogP) is -0.0742. The van der Waals surface area contributed by atoms with Crippen LogP contribution in [0.1, 0.15) is 12.1 Å². The molecule has 2 heterocycles. The van der Waals surface area contributed by atoms with Crippen molar-refractivity contribution in [1.29, 1.82) is 0 Å². The van der Waals surface area contributed by atoms with E-state index in [1.165, 1.54) is 5.69 Å². The second kappa shape index (κ2) is 5.82. The number of aromatic nitrogens is 2. The van der Waals surface area contributed by atoms with Gasteiger partial charge < -0.3 is 10.6 Å². The van der Waals surface area contributed by atoms with Crippen LogP contribution in [0.25, 0.3) is 0 Å². The van der Waals surface area contributed by atoms with E-state index in [9.17, 15) is 0 Å². The zero-order valence-corrected chi connectivity index (χ0v) is 11.7. The first-order valence-corrected chi connectivity index (χ1v) is 6.69. The number of likely N-dealkylation sites (N-methyl/N-ethyl adjacent to an activating group) is 2. The molecule has 0 amide bonds. The molecule has 1 aliphatic rings. The maximum Gasteiger partial charge on any atom is 0.0492 e. The summed E-state index contributed by atoms with van der Waals surface area (Å²) in [6, 6.07) is 2.77. The molecule has 0 aromatic carbocycles. The van der Waals surface area contributed by atoms with Crippen LogP contribution >= 0.6 is 0 Å². The molecule has 0 spiro atoms. The summed E-state index contributed by atoms with van der Waals surface area (Å²) >= 11 is 0. The van der Waals surface area contributed by atoms with Crippen LogP contribution in [0.15, 0.2) is 12.3 Å². The van der Waals surface area contributed by atoms with Crippen molar-refractivity contribution in [2.75, 3.05) is 33.7 Å². The molecular formula is C13H25N5. The molecule has 5 heteroatoms. The summed E-state index contributed by atoms with van der Waals surface area (Å²) in [5.74, 6) is 0. The molecule has 2 N–H and O–H groups in total. The number of hydrogen-bond acceptors (Lipinski definition) is 4. The first-order chi connectivity index (χ1) is 8.58. The molecule has 1 aromatic rings. The van der Waals surface area contributed by atoms with E-state index in [2.05, 4.69) is 35.1 Å². The fraction of sp³-hybridized carbons (Fsp3) is 0.769. The monoisotopic (exact) mass is 251 g/mol. The summed E-state index contributed by atoms with van der Waals surface area (Å²) in [6.07, 6.45) is 3.87. The molecule has 0 saturated carbocycles. The highest BCUT2D eigenvalue weighted by molar-refractivity contribution is 5.01. The van der Waals surface area contributed by atoms with Crippen molar-refractivity contribution < 1.29 is 0 Å². The fourth-order valence-electron chi connectivity index (χ4n) is 2.66. The highest BCUT2D eigenvalue weighted by Crippen LogP contribution is 2.13. The molecule has 0 radical (unpaired) electrons. The van der Waals surface area contributed by atoms with E-state index in [1.807, 2.05) is 17.9 Å². The van der Waals surface area contributed by atoms with E-state index in [-0.39, 0.29) is 6.04 Å². The fourth-order valence-corrected chi connectivity index (χ4v) is 2.66. The van der Waals surface area contributed by atoms with Crippen LogP contribution in [0.4, 0.5) is 0 Å². The van der Waals surface area contributed by atoms with Gasteiger partial charge in [-0.2, -0.15) is 5.10 Å². The Hall–Kier alpha value is -0.910. The average Bonchev–Trinajstić information content (AvgIpc) is 2.75. The Labute approximate surface area is 110 Å². The number of hydrogen-bond donors (Lipinski definition) is 1. The highest BCUT2D eigenvalue weighted by atomic mass is 15.3. The largest absolute Gasteiger partial charge is 0.326 e.